The van der Waals surface area contributed by atoms with Gasteiger partial charge < -0.3 is 30.5 Å². The molecule has 1 fully saturated rings. The summed E-state index contributed by atoms with van der Waals surface area (Å²) in [5.41, 5.74) is 8.08. The highest BCUT2D eigenvalue weighted by atomic mass is 32.1. The summed E-state index contributed by atoms with van der Waals surface area (Å²) in [6.45, 7) is 9.08. The summed E-state index contributed by atoms with van der Waals surface area (Å²) < 4.78 is 12.4. The van der Waals surface area contributed by atoms with Crippen LogP contribution in [0.4, 0.5) is 9.93 Å². The Kier molecular flexibility index (Phi) is 6.24. The summed E-state index contributed by atoms with van der Waals surface area (Å²) >= 11 is 1.44. The predicted octanol–water partition coefficient (Wildman–Crippen LogP) is 4.46. The number of guanidine groups is 1. The van der Waals surface area contributed by atoms with E-state index in [2.05, 4.69) is 37.1 Å². The van der Waals surface area contributed by atoms with Crippen LogP contribution in [0.5, 0.6) is 5.75 Å². The number of thiazole rings is 1. The molecule has 0 aliphatic carbocycles. The fourth-order valence-electron chi connectivity index (χ4n) is 4.63. The molecule has 1 amide bonds. The van der Waals surface area contributed by atoms with Crippen molar-refractivity contribution in [2.45, 2.75) is 59.5 Å². The zero-order valence-electron chi connectivity index (χ0n) is 19.3. The molecule has 33 heavy (non-hydrogen) atoms. The fraction of sp³-hybridized carbons (Fsp3) is 0.522. The van der Waals surface area contributed by atoms with Gasteiger partial charge in [-0.2, -0.15) is 0 Å². The first-order valence-corrected chi connectivity index (χ1v) is 11.8. The van der Waals surface area contributed by atoms with Gasteiger partial charge >= 0.3 is 6.09 Å². The zero-order valence-corrected chi connectivity index (χ0v) is 20.2. The van der Waals surface area contributed by atoms with Crippen molar-refractivity contribution in [2.24, 2.45) is 17.1 Å². The zero-order chi connectivity index (χ0) is 23.9. The van der Waals surface area contributed by atoms with Crippen LogP contribution in [-0.4, -0.2) is 45.9 Å². The van der Waals surface area contributed by atoms with Gasteiger partial charge in [-0.05, 0) is 48.9 Å². The summed E-state index contributed by atoms with van der Waals surface area (Å²) in [5, 5.41) is 20.3. The van der Waals surface area contributed by atoms with E-state index in [-0.39, 0.29) is 29.6 Å². The highest BCUT2D eigenvalue weighted by Crippen LogP contribution is 2.41. The molecule has 9 nitrogen and oxygen atoms in total. The smallest absolute Gasteiger partial charge is 0.407 e. The molecule has 10 heteroatoms. The molecule has 0 spiro atoms. The van der Waals surface area contributed by atoms with Gasteiger partial charge in [0.2, 0.25) is 6.29 Å². The molecule has 0 saturated carbocycles. The average Bonchev–Trinajstić information content (AvgIpc) is 3.11. The summed E-state index contributed by atoms with van der Waals surface area (Å²) in [5.74, 6) is 0.783. The van der Waals surface area contributed by atoms with Gasteiger partial charge in [-0.3, -0.25) is 5.41 Å². The maximum atomic E-state index is 11.7. The maximum Gasteiger partial charge on any atom is 0.407 e. The molecule has 0 bridgehead atoms. The molecule has 3 atom stereocenters. The van der Waals surface area contributed by atoms with E-state index in [1.54, 1.807) is 4.90 Å². The van der Waals surface area contributed by atoms with Gasteiger partial charge in [-0.15, -0.1) is 0 Å². The van der Waals surface area contributed by atoms with Crippen molar-refractivity contribution < 1.29 is 19.4 Å². The second kappa shape index (κ2) is 8.83. The number of benzene rings is 1. The Bertz CT molecular complexity index is 1060. The SMILES string of the molecule is Cc1nc(NC(=N)N)sc1-c1ccc2c(c1)COC(C1CCN(C(=O)O)C(C(C)(C)C)C1)O2. The summed E-state index contributed by atoms with van der Waals surface area (Å²) in [4.78, 5) is 18.7. The van der Waals surface area contributed by atoms with Crippen LogP contribution in [0.25, 0.3) is 10.4 Å². The van der Waals surface area contributed by atoms with Crippen LogP contribution in [0.1, 0.15) is 44.9 Å². The average molecular weight is 474 g/mol. The first kappa shape index (κ1) is 23.3. The van der Waals surface area contributed by atoms with E-state index < -0.39 is 6.09 Å². The summed E-state index contributed by atoms with van der Waals surface area (Å²) in [6, 6.07) is 5.93. The number of likely N-dealkylation sites (tertiary alicyclic amines) is 1. The first-order valence-electron chi connectivity index (χ1n) is 11.0. The molecule has 1 aromatic heterocycles. The van der Waals surface area contributed by atoms with Gasteiger partial charge in [0.25, 0.3) is 0 Å². The van der Waals surface area contributed by atoms with Crippen LogP contribution in [0.15, 0.2) is 18.2 Å². The minimum Gasteiger partial charge on any atom is -0.465 e. The van der Waals surface area contributed by atoms with E-state index in [1.807, 2.05) is 19.1 Å². The second-order valence-corrected chi connectivity index (χ2v) is 10.7. The number of hydrogen-bond donors (Lipinski definition) is 4. The summed E-state index contributed by atoms with van der Waals surface area (Å²) in [7, 11) is 0. The number of rotatable bonds is 3. The number of piperidine rings is 1. The van der Waals surface area contributed by atoms with Gasteiger partial charge in [0.15, 0.2) is 11.1 Å². The molecule has 178 valence electrons. The van der Waals surface area contributed by atoms with Crippen molar-refractivity contribution in [2.75, 3.05) is 11.9 Å². The Balaban J connectivity index is 1.49. The van der Waals surface area contributed by atoms with Crippen LogP contribution >= 0.6 is 11.3 Å². The number of aryl methyl sites for hydroxylation is 1. The van der Waals surface area contributed by atoms with Gasteiger partial charge in [-0.1, -0.05) is 32.1 Å². The molecule has 1 saturated heterocycles. The third-order valence-corrected chi connectivity index (χ3v) is 7.40. The van der Waals surface area contributed by atoms with E-state index in [0.717, 1.165) is 27.4 Å². The number of nitrogens with zero attached hydrogens (tertiary/aromatic N) is 2. The number of hydrogen-bond acceptors (Lipinski definition) is 6. The minimum absolute atomic E-state index is 0.0863. The number of aromatic nitrogens is 1. The molecule has 4 rings (SSSR count). The minimum atomic E-state index is -0.864. The Morgan fingerprint density at radius 3 is 2.82 bits per heavy atom. The fourth-order valence-corrected chi connectivity index (χ4v) is 5.61. The van der Waals surface area contributed by atoms with E-state index in [4.69, 9.17) is 20.6 Å². The standard InChI is InChI=1S/C23H31N5O4S/c1-12-18(33-21(26-12)27-20(24)25)13-5-6-16-15(9-13)11-31-19(32-16)14-7-8-28(22(29)30)17(10-14)23(2,3)4/h5-6,9,14,17,19H,7-8,10-11H2,1-4H3,(H,29,30)(H4,24,25,26,27). The molecule has 2 aromatic rings. The molecule has 3 heterocycles. The second-order valence-electron chi connectivity index (χ2n) is 9.73. The van der Waals surface area contributed by atoms with Crippen LogP contribution in [-0.2, 0) is 11.3 Å². The normalized spacial score (nSPS) is 22.9. The number of amides is 1. The molecule has 2 aliphatic rings. The number of anilines is 1. The van der Waals surface area contributed by atoms with Crippen molar-refractivity contribution in [3.63, 3.8) is 0 Å². The van der Waals surface area contributed by atoms with Crippen LogP contribution in [0, 0.1) is 23.7 Å². The lowest BCUT2D eigenvalue weighted by Crippen LogP contribution is -2.54. The highest BCUT2D eigenvalue weighted by molar-refractivity contribution is 7.19. The molecule has 1 aromatic carbocycles. The van der Waals surface area contributed by atoms with Crippen molar-refractivity contribution in [3.8, 4) is 16.2 Å². The number of nitrogens with one attached hydrogen (secondary N) is 2. The van der Waals surface area contributed by atoms with Gasteiger partial charge in [0, 0.05) is 24.1 Å². The maximum absolute atomic E-state index is 11.7. The topological polar surface area (TPSA) is 134 Å². The first-order chi connectivity index (χ1) is 15.5. The van der Waals surface area contributed by atoms with Crippen LogP contribution in [0.2, 0.25) is 0 Å². The van der Waals surface area contributed by atoms with Gasteiger partial charge in [-0.25, -0.2) is 9.78 Å². The Labute approximate surface area is 197 Å². The Morgan fingerprint density at radius 1 is 1.39 bits per heavy atom. The quantitative estimate of drug-likeness (QED) is 0.382. The van der Waals surface area contributed by atoms with Crippen molar-refractivity contribution in [3.05, 3.63) is 29.5 Å². The lowest BCUT2D eigenvalue weighted by molar-refractivity contribution is -0.156. The van der Waals surface area contributed by atoms with E-state index in [0.29, 0.717) is 31.1 Å². The Morgan fingerprint density at radius 2 is 2.15 bits per heavy atom. The predicted molar refractivity (Wildman–Crippen MR) is 128 cm³/mol. The lowest BCUT2D eigenvalue weighted by atomic mass is 9.77. The molecule has 0 radical (unpaired) electrons. The van der Waals surface area contributed by atoms with Crippen molar-refractivity contribution >= 4 is 28.5 Å². The number of nitrogens with two attached hydrogens (primary N) is 1. The van der Waals surface area contributed by atoms with E-state index >= 15 is 0 Å². The number of ether oxygens (including phenoxy) is 2. The monoisotopic (exact) mass is 473 g/mol. The van der Waals surface area contributed by atoms with E-state index in [9.17, 15) is 9.90 Å². The number of fused-ring (bicyclic) bond motifs is 1. The molecule has 3 unspecified atom stereocenters. The number of carbonyl (C=O) groups is 1. The van der Waals surface area contributed by atoms with Gasteiger partial charge in [0.1, 0.15) is 5.75 Å². The molecular formula is C23H31N5O4S. The van der Waals surface area contributed by atoms with E-state index in [1.165, 1.54) is 11.3 Å². The molecule has 5 N–H and O–H groups in total. The summed E-state index contributed by atoms with van der Waals surface area (Å²) in [6.07, 6.45) is 0.167. The third kappa shape index (κ3) is 4.91. The molecule has 2 aliphatic heterocycles. The lowest BCUT2D eigenvalue weighted by Gasteiger charge is -2.46. The Hall–Kier alpha value is -2.85. The van der Waals surface area contributed by atoms with Crippen LogP contribution < -0.4 is 15.8 Å². The van der Waals surface area contributed by atoms with Crippen molar-refractivity contribution in [1.82, 2.24) is 9.88 Å². The molecular weight excluding hydrogens is 442 g/mol. The third-order valence-electron chi connectivity index (χ3n) is 6.28. The number of carboxylic acid groups (broad SMARTS) is 1. The largest absolute Gasteiger partial charge is 0.465 e. The van der Waals surface area contributed by atoms with Gasteiger partial charge in [0.05, 0.1) is 17.2 Å². The highest BCUT2D eigenvalue weighted by Gasteiger charge is 2.42. The van der Waals surface area contributed by atoms with Crippen molar-refractivity contribution in [1.29, 1.82) is 5.41 Å². The van der Waals surface area contributed by atoms with Crippen LogP contribution in [0.3, 0.4) is 0 Å².